The van der Waals surface area contributed by atoms with Crippen LogP contribution in [0.1, 0.15) is 5.56 Å². The van der Waals surface area contributed by atoms with Gasteiger partial charge in [-0.2, -0.15) is 0 Å². The lowest BCUT2D eigenvalue weighted by Crippen LogP contribution is -2.45. The molecule has 4 rings (SSSR count). The molecule has 2 aliphatic rings. The first-order valence-corrected chi connectivity index (χ1v) is 10.6. The van der Waals surface area contributed by atoms with E-state index in [1.807, 2.05) is 0 Å². The van der Waals surface area contributed by atoms with Gasteiger partial charge in [0, 0.05) is 56.1 Å². The maximum Gasteiger partial charge on any atom is 0.269 e. The molecule has 0 aromatic heterocycles. The zero-order valence-electron chi connectivity index (χ0n) is 17.9. The second-order valence-electron chi connectivity index (χ2n) is 7.64. The Morgan fingerprint density at radius 2 is 1.88 bits per heavy atom. The van der Waals surface area contributed by atoms with Crippen molar-refractivity contribution in [2.75, 3.05) is 56.2 Å². The fourth-order valence-electron chi connectivity index (χ4n) is 3.66. The minimum atomic E-state index is -0.476. The molecular formula is C23H24N4O6. The number of nitro groups is 1. The summed E-state index contributed by atoms with van der Waals surface area (Å²) in [6.07, 6.45) is 2.92. The summed E-state index contributed by atoms with van der Waals surface area (Å²) in [5, 5.41) is 13.5. The third-order valence-electron chi connectivity index (χ3n) is 5.44. The van der Waals surface area contributed by atoms with E-state index in [4.69, 9.17) is 9.47 Å². The predicted molar refractivity (Wildman–Crippen MR) is 122 cm³/mol. The molecule has 10 nitrogen and oxygen atoms in total. The fraction of sp³-hybridized carbons (Fsp3) is 0.304. The summed E-state index contributed by atoms with van der Waals surface area (Å²) in [5.74, 6) is 0.0802. The molecule has 0 saturated carbocycles. The van der Waals surface area contributed by atoms with Gasteiger partial charge in [-0.25, -0.2) is 0 Å². The molecule has 0 aliphatic carbocycles. The highest BCUT2D eigenvalue weighted by atomic mass is 16.6. The van der Waals surface area contributed by atoms with Gasteiger partial charge < -0.3 is 19.7 Å². The molecule has 172 valence electrons. The van der Waals surface area contributed by atoms with Crippen LogP contribution in [0.25, 0.3) is 6.08 Å². The second-order valence-corrected chi connectivity index (χ2v) is 7.64. The number of hydrogen-bond donors (Lipinski definition) is 1. The summed E-state index contributed by atoms with van der Waals surface area (Å²) in [7, 11) is 0. The van der Waals surface area contributed by atoms with E-state index in [1.165, 1.54) is 18.2 Å². The first-order valence-electron chi connectivity index (χ1n) is 10.6. The third-order valence-corrected chi connectivity index (χ3v) is 5.44. The van der Waals surface area contributed by atoms with Crippen LogP contribution in [0, 0.1) is 10.1 Å². The summed E-state index contributed by atoms with van der Waals surface area (Å²) in [5.41, 5.74) is 1.87. The lowest BCUT2D eigenvalue weighted by Gasteiger charge is -2.33. The smallest absolute Gasteiger partial charge is 0.269 e. The molecule has 2 aliphatic heterocycles. The van der Waals surface area contributed by atoms with Gasteiger partial charge in [0.05, 0.1) is 23.8 Å². The lowest BCUT2D eigenvalue weighted by molar-refractivity contribution is -0.384. The summed E-state index contributed by atoms with van der Waals surface area (Å²) in [4.78, 5) is 38.9. The molecule has 0 atom stereocenters. The Balaban J connectivity index is 1.38. The zero-order valence-corrected chi connectivity index (χ0v) is 17.9. The number of amides is 2. The Morgan fingerprint density at radius 1 is 1.12 bits per heavy atom. The number of fused-ring (bicyclic) bond motifs is 1. The molecule has 1 fully saturated rings. The van der Waals surface area contributed by atoms with Crippen molar-refractivity contribution >= 4 is 35.0 Å². The largest absolute Gasteiger partial charge is 0.481 e. The van der Waals surface area contributed by atoms with Crippen LogP contribution in [0.2, 0.25) is 0 Å². The van der Waals surface area contributed by atoms with Crippen molar-refractivity contribution < 1.29 is 24.0 Å². The molecule has 2 heterocycles. The summed E-state index contributed by atoms with van der Waals surface area (Å²) < 4.78 is 11.0. The summed E-state index contributed by atoms with van der Waals surface area (Å²) in [6, 6.07) is 11.1. The average Bonchev–Trinajstić information content (AvgIpc) is 2.83. The Bertz CT molecular complexity index is 1060. The number of morpholine rings is 1. The maximum atomic E-state index is 12.4. The second kappa shape index (κ2) is 10.2. The van der Waals surface area contributed by atoms with Crippen molar-refractivity contribution in [1.82, 2.24) is 4.90 Å². The molecule has 2 aromatic rings. The zero-order chi connectivity index (χ0) is 23.2. The van der Waals surface area contributed by atoms with Crippen molar-refractivity contribution in [1.29, 1.82) is 0 Å². The minimum absolute atomic E-state index is 0.0110. The molecule has 1 saturated heterocycles. The van der Waals surface area contributed by atoms with Gasteiger partial charge in [0.15, 0.2) is 6.61 Å². The van der Waals surface area contributed by atoms with Crippen molar-refractivity contribution in [2.45, 2.75) is 0 Å². The summed E-state index contributed by atoms with van der Waals surface area (Å²) in [6.45, 7) is 4.37. The van der Waals surface area contributed by atoms with Crippen molar-refractivity contribution in [3.63, 3.8) is 0 Å². The van der Waals surface area contributed by atoms with Gasteiger partial charge in [0.1, 0.15) is 5.75 Å². The van der Waals surface area contributed by atoms with E-state index >= 15 is 0 Å². The minimum Gasteiger partial charge on any atom is -0.481 e. The third kappa shape index (κ3) is 5.73. The monoisotopic (exact) mass is 452 g/mol. The average molecular weight is 452 g/mol. The molecule has 0 unspecified atom stereocenters. The van der Waals surface area contributed by atoms with Gasteiger partial charge >= 0.3 is 0 Å². The van der Waals surface area contributed by atoms with Crippen LogP contribution in [0.15, 0.2) is 48.5 Å². The van der Waals surface area contributed by atoms with Crippen molar-refractivity contribution in [2.24, 2.45) is 0 Å². The van der Waals surface area contributed by atoms with Crippen molar-refractivity contribution in [3.8, 4) is 5.75 Å². The lowest BCUT2D eigenvalue weighted by atomic mass is 10.2. The molecule has 0 radical (unpaired) electrons. The van der Waals surface area contributed by atoms with E-state index in [2.05, 4.69) is 10.2 Å². The van der Waals surface area contributed by atoms with Crippen molar-refractivity contribution in [3.05, 3.63) is 64.2 Å². The number of ether oxygens (including phenoxy) is 2. The number of rotatable bonds is 7. The highest BCUT2D eigenvalue weighted by molar-refractivity contribution is 6.03. The molecule has 0 spiro atoms. The van der Waals surface area contributed by atoms with Crippen LogP contribution in [0.4, 0.5) is 17.1 Å². The van der Waals surface area contributed by atoms with Gasteiger partial charge in [0.25, 0.3) is 11.6 Å². The van der Waals surface area contributed by atoms with Gasteiger partial charge in [-0.3, -0.25) is 24.6 Å². The first-order chi connectivity index (χ1) is 16.0. The molecule has 33 heavy (non-hydrogen) atoms. The highest BCUT2D eigenvalue weighted by Gasteiger charge is 2.26. The fourth-order valence-corrected chi connectivity index (χ4v) is 3.66. The van der Waals surface area contributed by atoms with E-state index in [0.717, 1.165) is 19.6 Å². The topological polar surface area (TPSA) is 114 Å². The molecule has 1 N–H and O–H groups in total. The Morgan fingerprint density at radius 3 is 2.61 bits per heavy atom. The molecule has 10 heteroatoms. The highest BCUT2D eigenvalue weighted by Crippen LogP contribution is 2.34. The number of nitrogens with one attached hydrogen (secondary N) is 1. The quantitative estimate of drug-likeness (QED) is 0.389. The molecule has 0 bridgehead atoms. The van der Waals surface area contributed by atoms with E-state index in [-0.39, 0.29) is 24.1 Å². The number of non-ortho nitro benzene ring substituents is 1. The number of nitrogens with zero attached hydrogens (tertiary/aromatic N) is 3. The van der Waals surface area contributed by atoms with Gasteiger partial charge in [-0.05, 0) is 35.9 Å². The summed E-state index contributed by atoms with van der Waals surface area (Å²) >= 11 is 0. The van der Waals surface area contributed by atoms with Crippen LogP contribution in [-0.4, -0.2) is 67.6 Å². The van der Waals surface area contributed by atoms with Crippen LogP contribution >= 0.6 is 0 Å². The Hall–Kier alpha value is -3.76. The number of benzene rings is 2. The number of carbonyl (C=O) groups excluding carboxylic acids is 2. The molecular weight excluding hydrogens is 428 g/mol. The van der Waals surface area contributed by atoms with E-state index < -0.39 is 4.92 Å². The van der Waals surface area contributed by atoms with Gasteiger partial charge in [-0.1, -0.05) is 0 Å². The molecule has 2 amide bonds. The van der Waals surface area contributed by atoms with Gasteiger partial charge in [-0.15, -0.1) is 0 Å². The maximum absolute atomic E-state index is 12.4. The number of nitro benzene ring substituents is 1. The van der Waals surface area contributed by atoms with Gasteiger partial charge in [0.2, 0.25) is 5.91 Å². The van der Waals surface area contributed by atoms with E-state index in [1.54, 1.807) is 41.3 Å². The SMILES string of the molecule is O=C(/C=C/c1ccc([N+](=O)[O-])cc1)Nc1ccc2c(c1)OCC(=O)N2CCN1CCOCC1. The standard InChI is InChI=1S/C23H24N4O6/c28-22(8-3-17-1-5-19(6-2-17)27(30)31)24-18-4-7-20-21(15-18)33-16-23(29)26(20)10-9-25-11-13-32-14-12-25/h1-8,15H,9-14,16H2,(H,24,28)/b8-3+. The molecule has 2 aromatic carbocycles. The van der Waals surface area contributed by atoms with Crippen LogP contribution in [-0.2, 0) is 14.3 Å². The van der Waals surface area contributed by atoms with Crippen LogP contribution < -0.4 is 15.0 Å². The number of carbonyl (C=O) groups is 2. The van der Waals surface area contributed by atoms with Crippen LogP contribution in [0.5, 0.6) is 5.75 Å². The predicted octanol–water partition coefficient (Wildman–Crippen LogP) is 2.30. The first kappa shape index (κ1) is 22.4. The Kier molecular flexibility index (Phi) is 6.96. The number of hydrogen-bond acceptors (Lipinski definition) is 7. The van der Waals surface area contributed by atoms with E-state index in [9.17, 15) is 19.7 Å². The van der Waals surface area contributed by atoms with Crippen LogP contribution in [0.3, 0.4) is 0 Å². The Labute approximate surface area is 190 Å². The normalized spacial score (nSPS) is 16.4. The number of anilines is 2. The van der Waals surface area contributed by atoms with E-state index in [0.29, 0.717) is 42.4 Å².